The Morgan fingerprint density at radius 3 is 2.56 bits per heavy atom. The molecular formula is C16H23BrO. The maximum atomic E-state index is 10.5. The van der Waals surface area contributed by atoms with Gasteiger partial charge in [0.25, 0.3) is 0 Å². The van der Waals surface area contributed by atoms with Crippen molar-refractivity contribution in [3.05, 3.63) is 34.3 Å². The van der Waals surface area contributed by atoms with E-state index in [9.17, 15) is 5.11 Å². The van der Waals surface area contributed by atoms with E-state index in [4.69, 9.17) is 0 Å². The van der Waals surface area contributed by atoms with Gasteiger partial charge in [-0.1, -0.05) is 60.7 Å². The number of hydrogen-bond donors (Lipinski definition) is 1. The molecule has 1 aliphatic carbocycles. The van der Waals surface area contributed by atoms with Crippen LogP contribution in [0.5, 0.6) is 0 Å². The van der Waals surface area contributed by atoms with Gasteiger partial charge in [-0.15, -0.1) is 0 Å². The van der Waals surface area contributed by atoms with Crippen molar-refractivity contribution in [2.75, 3.05) is 0 Å². The molecule has 1 N–H and O–H groups in total. The highest BCUT2D eigenvalue weighted by Crippen LogP contribution is 2.35. The van der Waals surface area contributed by atoms with Gasteiger partial charge in [0.2, 0.25) is 0 Å². The normalized spacial score (nSPS) is 25.9. The molecule has 0 radical (unpaired) electrons. The fourth-order valence-corrected chi connectivity index (χ4v) is 3.53. The summed E-state index contributed by atoms with van der Waals surface area (Å²) in [6.07, 6.45) is 6.99. The molecule has 1 aromatic rings. The summed E-state index contributed by atoms with van der Waals surface area (Å²) >= 11 is 3.45. The van der Waals surface area contributed by atoms with Gasteiger partial charge in [0.05, 0.1) is 6.10 Å². The molecule has 3 atom stereocenters. The van der Waals surface area contributed by atoms with Crippen LogP contribution in [-0.4, -0.2) is 11.2 Å². The first kappa shape index (κ1) is 14.1. The molecule has 0 aromatic heterocycles. The SMILES string of the molecule is CCC1CCCCC1C(O)Cc1ccc(Br)cc1. The second-order valence-electron chi connectivity index (χ2n) is 5.51. The van der Waals surface area contributed by atoms with Crippen molar-refractivity contribution < 1.29 is 5.11 Å². The predicted octanol–water partition coefficient (Wildman–Crippen LogP) is 4.57. The van der Waals surface area contributed by atoms with Crippen LogP contribution in [0.4, 0.5) is 0 Å². The Labute approximate surface area is 119 Å². The van der Waals surface area contributed by atoms with Crippen molar-refractivity contribution in [2.24, 2.45) is 11.8 Å². The van der Waals surface area contributed by atoms with E-state index in [0.717, 1.165) is 16.8 Å². The third kappa shape index (κ3) is 3.58. The van der Waals surface area contributed by atoms with Crippen LogP contribution in [0.15, 0.2) is 28.7 Å². The van der Waals surface area contributed by atoms with Gasteiger partial charge in [-0.2, -0.15) is 0 Å². The Kier molecular flexibility index (Phi) is 5.25. The molecule has 18 heavy (non-hydrogen) atoms. The Morgan fingerprint density at radius 2 is 1.89 bits per heavy atom. The fourth-order valence-electron chi connectivity index (χ4n) is 3.26. The zero-order valence-electron chi connectivity index (χ0n) is 11.1. The summed E-state index contributed by atoms with van der Waals surface area (Å²) in [7, 11) is 0. The van der Waals surface area contributed by atoms with Gasteiger partial charge in [-0.3, -0.25) is 0 Å². The van der Waals surface area contributed by atoms with Crippen LogP contribution in [0.2, 0.25) is 0 Å². The third-order valence-corrected chi connectivity index (χ3v) is 4.87. The molecule has 1 nitrogen and oxygen atoms in total. The maximum Gasteiger partial charge on any atom is 0.0611 e. The summed E-state index contributed by atoms with van der Waals surface area (Å²) in [6.45, 7) is 2.26. The standard InChI is InChI=1S/C16H23BrO/c1-2-13-5-3-4-6-15(13)16(18)11-12-7-9-14(17)10-8-12/h7-10,13,15-16,18H,2-6,11H2,1H3. The van der Waals surface area contributed by atoms with E-state index in [1.165, 1.54) is 37.7 Å². The smallest absolute Gasteiger partial charge is 0.0611 e. The van der Waals surface area contributed by atoms with E-state index < -0.39 is 0 Å². The molecule has 1 aromatic carbocycles. The van der Waals surface area contributed by atoms with Crippen molar-refractivity contribution >= 4 is 15.9 Å². The van der Waals surface area contributed by atoms with E-state index in [2.05, 4.69) is 47.1 Å². The number of hydrogen-bond acceptors (Lipinski definition) is 1. The van der Waals surface area contributed by atoms with Crippen LogP contribution in [0, 0.1) is 11.8 Å². The van der Waals surface area contributed by atoms with E-state index in [0.29, 0.717) is 5.92 Å². The van der Waals surface area contributed by atoms with Crippen LogP contribution in [0.25, 0.3) is 0 Å². The molecule has 100 valence electrons. The van der Waals surface area contributed by atoms with Crippen LogP contribution < -0.4 is 0 Å². The first-order valence-corrected chi connectivity index (χ1v) is 7.92. The highest BCUT2D eigenvalue weighted by atomic mass is 79.9. The molecule has 0 amide bonds. The van der Waals surface area contributed by atoms with Gasteiger partial charge in [-0.25, -0.2) is 0 Å². The molecule has 0 spiro atoms. The Bertz CT molecular complexity index is 360. The molecule has 2 rings (SSSR count). The van der Waals surface area contributed by atoms with Crippen molar-refractivity contribution in [3.63, 3.8) is 0 Å². The van der Waals surface area contributed by atoms with E-state index in [-0.39, 0.29) is 6.10 Å². The van der Waals surface area contributed by atoms with Gasteiger partial charge in [0.1, 0.15) is 0 Å². The quantitative estimate of drug-likeness (QED) is 0.863. The Balaban J connectivity index is 1.97. The molecule has 1 saturated carbocycles. The van der Waals surface area contributed by atoms with Crippen molar-refractivity contribution in [3.8, 4) is 0 Å². The van der Waals surface area contributed by atoms with Crippen molar-refractivity contribution in [2.45, 2.75) is 51.6 Å². The van der Waals surface area contributed by atoms with Gasteiger partial charge in [0, 0.05) is 4.47 Å². The van der Waals surface area contributed by atoms with E-state index >= 15 is 0 Å². The summed E-state index contributed by atoms with van der Waals surface area (Å²) in [5, 5.41) is 10.5. The lowest BCUT2D eigenvalue weighted by Gasteiger charge is -2.34. The third-order valence-electron chi connectivity index (χ3n) is 4.34. The second-order valence-corrected chi connectivity index (χ2v) is 6.43. The number of rotatable bonds is 4. The molecular weight excluding hydrogens is 288 g/mol. The first-order chi connectivity index (χ1) is 8.70. The molecule has 1 aliphatic rings. The minimum absolute atomic E-state index is 0.170. The average Bonchev–Trinajstić information content (AvgIpc) is 2.41. The highest BCUT2D eigenvalue weighted by molar-refractivity contribution is 9.10. The van der Waals surface area contributed by atoms with E-state index in [1.807, 2.05) is 0 Å². The molecule has 0 saturated heterocycles. The van der Waals surface area contributed by atoms with Gasteiger partial charge in [-0.05, 0) is 42.4 Å². The molecule has 3 unspecified atom stereocenters. The summed E-state index contributed by atoms with van der Waals surface area (Å²) in [5.41, 5.74) is 1.24. The summed E-state index contributed by atoms with van der Waals surface area (Å²) in [5.74, 6) is 1.23. The Morgan fingerprint density at radius 1 is 1.22 bits per heavy atom. The van der Waals surface area contributed by atoms with Crippen LogP contribution in [-0.2, 0) is 6.42 Å². The summed E-state index contributed by atoms with van der Waals surface area (Å²) in [6, 6.07) is 8.33. The molecule has 0 heterocycles. The molecule has 2 heteroatoms. The van der Waals surface area contributed by atoms with Crippen molar-refractivity contribution in [1.29, 1.82) is 0 Å². The topological polar surface area (TPSA) is 20.2 Å². The average molecular weight is 311 g/mol. The maximum absolute atomic E-state index is 10.5. The summed E-state index contributed by atoms with van der Waals surface area (Å²) < 4.78 is 1.10. The Hall–Kier alpha value is -0.340. The first-order valence-electron chi connectivity index (χ1n) is 7.13. The van der Waals surface area contributed by atoms with E-state index in [1.54, 1.807) is 0 Å². The molecule has 1 fully saturated rings. The monoisotopic (exact) mass is 310 g/mol. The van der Waals surface area contributed by atoms with Crippen molar-refractivity contribution in [1.82, 2.24) is 0 Å². The van der Waals surface area contributed by atoms with Crippen LogP contribution in [0.1, 0.15) is 44.6 Å². The zero-order valence-corrected chi connectivity index (χ0v) is 12.7. The van der Waals surface area contributed by atoms with Gasteiger partial charge >= 0.3 is 0 Å². The van der Waals surface area contributed by atoms with Gasteiger partial charge < -0.3 is 5.11 Å². The van der Waals surface area contributed by atoms with Crippen LogP contribution >= 0.6 is 15.9 Å². The predicted molar refractivity (Wildman–Crippen MR) is 79.6 cm³/mol. The minimum atomic E-state index is -0.170. The zero-order chi connectivity index (χ0) is 13.0. The van der Waals surface area contributed by atoms with Crippen LogP contribution in [0.3, 0.4) is 0 Å². The summed E-state index contributed by atoms with van der Waals surface area (Å²) in [4.78, 5) is 0. The lowest BCUT2D eigenvalue weighted by Crippen LogP contribution is -2.32. The highest BCUT2D eigenvalue weighted by Gasteiger charge is 2.29. The number of aliphatic hydroxyl groups is 1. The second kappa shape index (κ2) is 6.72. The number of benzene rings is 1. The number of halogens is 1. The lowest BCUT2D eigenvalue weighted by molar-refractivity contribution is 0.0464. The van der Waals surface area contributed by atoms with Gasteiger partial charge in [0.15, 0.2) is 0 Å². The largest absolute Gasteiger partial charge is 0.392 e. The molecule has 0 bridgehead atoms. The lowest BCUT2D eigenvalue weighted by atomic mass is 9.74. The minimum Gasteiger partial charge on any atom is -0.392 e. The number of aliphatic hydroxyl groups excluding tert-OH is 1. The fraction of sp³-hybridized carbons (Fsp3) is 0.625. The molecule has 0 aliphatic heterocycles.